The quantitative estimate of drug-likeness (QED) is 0.285. The van der Waals surface area contributed by atoms with E-state index in [0.717, 1.165) is 21.7 Å². The molecule has 3 N–H and O–H groups in total. The first-order chi connectivity index (χ1) is 7.22. The first kappa shape index (κ1) is 12.5. The Kier molecular flexibility index (Phi) is 5.67. The largest absolute Gasteiger partial charge is 0.294 e. The number of nitrogens with zero attached hydrogens (tertiary/aromatic N) is 1. The highest BCUT2D eigenvalue weighted by molar-refractivity contribution is 9.10. The number of halogens is 1. The van der Waals surface area contributed by atoms with Crippen LogP contribution in [0.15, 0.2) is 27.8 Å². The third-order valence-corrected chi connectivity index (χ3v) is 3.16. The lowest BCUT2D eigenvalue weighted by Gasteiger charge is -2.00. The summed E-state index contributed by atoms with van der Waals surface area (Å²) in [4.78, 5) is 15.0. The first-order valence-corrected chi connectivity index (χ1v) is 6.24. The smallest absolute Gasteiger partial charge is 0.233 e. The molecule has 0 saturated carbocycles. The Balaban J connectivity index is 2.20. The van der Waals surface area contributed by atoms with Gasteiger partial charge in [-0.05, 0) is 40.2 Å². The van der Waals surface area contributed by atoms with Crippen molar-refractivity contribution in [2.45, 2.75) is 17.9 Å². The van der Waals surface area contributed by atoms with Crippen molar-refractivity contribution in [3.63, 3.8) is 0 Å². The van der Waals surface area contributed by atoms with Crippen molar-refractivity contribution in [3.8, 4) is 0 Å². The Bertz CT molecular complexity index is 318. The van der Waals surface area contributed by atoms with Gasteiger partial charge in [0, 0.05) is 17.1 Å². The maximum absolute atomic E-state index is 10.8. The Morgan fingerprint density at radius 2 is 2.40 bits per heavy atom. The zero-order chi connectivity index (χ0) is 11.1. The molecule has 1 rings (SSSR count). The van der Waals surface area contributed by atoms with Gasteiger partial charge < -0.3 is 0 Å². The van der Waals surface area contributed by atoms with E-state index in [4.69, 9.17) is 5.84 Å². The van der Waals surface area contributed by atoms with E-state index in [2.05, 4.69) is 26.3 Å². The van der Waals surface area contributed by atoms with Gasteiger partial charge in [0.05, 0.1) is 5.03 Å². The van der Waals surface area contributed by atoms with Crippen LogP contribution in [-0.2, 0) is 4.79 Å². The number of hydrazine groups is 1. The highest BCUT2D eigenvalue weighted by atomic mass is 79.9. The number of rotatable bonds is 5. The number of carbonyl (C=O) groups excluding carboxylic acids is 1. The van der Waals surface area contributed by atoms with Crippen molar-refractivity contribution in [2.24, 2.45) is 5.84 Å². The fraction of sp³-hybridized carbons (Fsp3) is 0.333. The molecule has 0 fully saturated rings. The lowest BCUT2D eigenvalue weighted by atomic mass is 10.3. The summed E-state index contributed by atoms with van der Waals surface area (Å²) in [6.07, 6.45) is 3.01. The lowest BCUT2D eigenvalue weighted by molar-refractivity contribution is -0.121. The maximum Gasteiger partial charge on any atom is 0.233 e. The van der Waals surface area contributed by atoms with Crippen molar-refractivity contribution < 1.29 is 4.79 Å². The van der Waals surface area contributed by atoms with Gasteiger partial charge in [0.1, 0.15) is 0 Å². The molecule has 0 bridgehead atoms. The third kappa shape index (κ3) is 5.15. The lowest BCUT2D eigenvalue weighted by Crippen LogP contribution is -2.29. The zero-order valence-electron chi connectivity index (χ0n) is 8.07. The van der Waals surface area contributed by atoms with Crippen LogP contribution < -0.4 is 11.3 Å². The standard InChI is InChI=1S/C9H12BrN3OS/c10-7-3-4-9(12-6-7)15-5-1-2-8(14)13-11/h3-4,6H,1-2,5,11H2,(H,13,14). The van der Waals surface area contributed by atoms with Gasteiger partial charge in [-0.25, -0.2) is 10.8 Å². The van der Waals surface area contributed by atoms with E-state index in [1.165, 1.54) is 0 Å². The summed E-state index contributed by atoms with van der Waals surface area (Å²) in [5.41, 5.74) is 2.10. The number of aromatic nitrogens is 1. The summed E-state index contributed by atoms with van der Waals surface area (Å²) in [6.45, 7) is 0. The number of amides is 1. The molecule has 0 aliphatic rings. The second-order valence-electron chi connectivity index (χ2n) is 2.83. The number of nitrogens with two attached hydrogens (primary N) is 1. The summed E-state index contributed by atoms with van der Waals surface area (Å²) in [5.74, 6) is 5.70. The number of hydrogen-bond acceptors (Lipinski definition) is 4. The van der Waals surface area contributed by atoms with E-state index in [1.807, 2.05) is 12.1 Å². The third-order valence-electron chi connectivity index (χ3n) is 1.66. The molecule has 1 aromatic rings. The van der Waals surface area contributed by atoms with E-state index in [-0.39, 0.29) is 5.91 Å². The van der Waals surface area contributed by atoms with Crippen molar-refractivity contribution in [3.05, 3.63) is 22.8 Å². The normalized spacial score (nSPS) is 10.0. The molecule has 1 amide bonds. The van der Waals surface area contributed by atoms with Crippen LogP contribution in [-0.4, -0.2) is 16.6 Å². The fourth-order valence-corrected chi connectivity index (χ4v) is 1.95. The molecule has 82 valence electrons. The average molecular weight is 290 g/mol. The van der Waals surface area contributed by atoms with E-state index in [0.29, 0.717) is 6.42 Å². The molecule has 0 aromatic carbocycles. The molecule has 0 unspecified atom stereocenters. The maximum atomic E-state index is 10.8. The summed E-state index contributed by atoms with van der Waals surface area (Å²) in [6, 6.07) is 3.89. The number of pyridine rings is 1. The minimum Gasteiger partial charge on any atom is -0.294 e. The first-order valence-electron chi connectivity index (χ1n) is 4.46. The van der Waals surface area contributed by atoms with Gasteiger partial charge in [0.15, 0.2) is 0 Å². The zero-order valence-corrected chi connectivity index (χ0v) is 10.5. The minimum absolute atomic E-state index is 0.126. The number of hydrogen-bond donors (Lipinski definition) is 2. The second kappa shape index (κ2) is 6.81. The van der Waals surface area contributed by atoms with Crippen LogP contribution >= 0.6 is 27.7 Å². The van der Waals surface area contributed by atoms with Gasteiger partial charge in [0.2, 0.25) is 5.91 Å². The Morgan fingerprint density at radius 3 is 3.00 bits per heavy atom. The molecule has 15 heavy (non-hydrogen) atoms. The van der Waals surface area contributed by atoms with E-state index in [9.17, 15) is 4.79 Å². The van der Waals surface area contributed by atoms with Crippen molar-refractivity contribution >= 4 is 33.6 Å². The second-order valence-corrected chi connectivity index (χ2v) is 4.87. The molecule has 1 heterocycles. The highest BCUT2D eigenvalue weighted by Crippen LogP contribution is 2.18. The van der Waals surface area contributed by atoms with E-state index in [1.54, 1.807) is 18.0 Å². The molecular weight excluding hydrogens is 278 g/mol. The van der Waals surface area contributed by atoms with Crippen LogP contribution in [0.3, 0.4) is 0 Å². The Hall–Kier alpha value is -0.590. The van der Waals surface area contributed by atoms with Gasteiger partial charge in [0.25, 0.3) is 0 Å². The molecule has 0 atom stereocenters. The summed E-state index contributed by atoms with van der Waals surface area (Å²) in [5, 5.41) is 0.964. The SMILES string of the molecule is NNC(=O)CCCSc1ccc(Br)cn1. The molecule has 4 nitrogen and oxygen atoms in total. The average Bonchev–Trinajstić information content (AvgIpc) is 2.26. The van der Waals surface area contributed by atoms with Crippen LogP contribution in [0, 0.1) is 0 Å². The topological polar surface area (TPSA) is 68.0 Å². The molecule has 0 saturated heterocycles. The minimum atomic E-state index is -0.126. The van der Waals surface area contributed by atoms with E-state index >= 15 is 0 Å². The summed E-state index contributed by atoms with van der Waals surface area (Å²) < 4.78 is 0.967. The molecule has 0 aliphatic heterocycles. The molecule has 0 aliphatic carbocycles. The van der Waals surface area contributed by atoms with E-state index < -0.39 is 0 Å². The fourth-order valence-electron chi connectivity index (χ4n) is 0.929. The predicted octanol–water partition coefficient (Wildman–Crippen LogP) is 1.71. The summed E-state index contributed by atoms with van der Waals surface area (Å²) >= 11 is 4.95. The Morgan fingerprint density at radius 1 is 1.60 bits per heavy atom. The van der Waals surface area contributed by atoms with Crippen LogP contribution in [0.4, 0.5) is 0 Å². The highest BCUT2D eigenvalue weighted by Gasteiger charge is 1.99. The van der Waals surface area contributed by atoms with Crippen molar-refractivity contribution in [1.82, 2.24) is 10.4 Å². The van der Waals surface area contributed by atoms with Gasteiger partial charge in [-0.15, -0.1) is 11.8 Å². The molecule has 0 spiro atoms. The molecule has 1 aromatic heterocycles. The van der Waals surface area contributed by atoms with Crippen LogP contribution in [0.5, 0.6) is 0 Å². The van der Waals surface area contributed by atoms with Crippen LogP contribution in [0.1, 0.15) is 12.8 Å². The van der Waals surface area contributed by atoms with Crippen molar-refractivity contribution in [1.29, 1.82) is 0 Å². The monoisotopic (exact) mass is 289 g/mol. The van der Waals surface area contributed by atoms with Crippen LogP contribution in [0.2, 0.25) is 0 Å². The van der Waals surface area contributed by atoms with Gasteiger partial charge >= 0.3 is 0 Å². The predicted molar refractivity (Wildman–Crippen MR) is 64.2 cm³/mol. The van der Waals surface area contributed by atoms with Gasteiger partial charge in [-0.3, -0.25) is 10.2 Å². The molecule has 0 radical (unpaired) electrons. The number of nitrogens with one attached hydrogen (secondary N) is 1. The summed E-state index contributed by atoms with van der Waals surface area (Å²) in [7, 11) is 0. The van der Waals surface area contributed by atoms with Crippen LogP contribution in [0.25, 0.3) is 0 Å². The molecular formula is C9H12BrN3OS. The molecule has 6 heteroatoms. The number of carbonyl (C=O) groups is 1. The Labute approximate surface area is 101 Å². The van der Waals surface area contributed by atoms with Gasteiger partial charge in [-0.1, -0.05) is 0 Å². The number of thioether (sulfide) groups is 1. The van der Waals surface area contributed by atoms with Gasteiger partial charge in [-0.2, -0.15) is 0 Å². The van der Waals surface area contributed by atoms with Crippen molar-refractivity contribution in [2.75, 3.05) is 5.75 Å².